The van der Waals surface area contributed by atoms with E-state index < -0.39 is 0 Å². The van der Waals surface area contributed by atoms with Gasteiger partial charge in [0.15, 0.2) is 0 Å². The average molecular weight is 330 g/mol. The Labute approximate surface area is 143 Å². The minimum Gasteiger partial charge on any atom is -0.497 e. The quantitative estimate of drug-likeness (QED) is 0.839. The third-order valence-corrected chi connectivity index (χ3v) is 4.69. The van der Waals surface area contributed by atoms with E-state index in [1.54, 1.807) is 7.11 Å². The van der Waals surface area contributed by atoms with E-state index in [1.807, 2.05) is 24.3 Å². The molecule has 1 N–H and O–H groups in total. The zero-order chi connectivity index (χ0) is 16.8. The van der Waals surface area contributed by atoms with Gasteiger partial charge >= 0.3 is 6.01 Å². The summed E-state index contributed by atoms with van der Waals surface area (Å²) in [7, 11) is 3.85. The van der Waals surface area contributed by atoms with E-state index in [4.69, 9.17) is 9.26 Å². The van der Waals surface area contributed by atoms with E-state index in [0.717, 1.165) is 30.4 Å². The van der Waals surface area contributed by atoms with E-state index in [1.165, 1.54) is 32.1 Å². The Balaban J connectivity index is 1.50. The Morgan fingerprint density at radius 2 is 2.12 bits per heavy atom. The fourth-order valence-corrected chi connectivity index (χ4v) is 3.22. The summed E-state index contributed by atoms with van der Waals surface area (Å²) < 4.78 is 10.5. The molecule has 1 saturated carbocycles. The standard InChI is InChI=1S/C18H26N4O2/c1-22(15-8-4-3-5-9-15)12-11-19-18-20-17(21-24-18)14-7-6-10-16(13-14)23-2/h6-7,10,13,15H,3-5,8-9,11-12H2,1-2H3,(H,19,20,21). The summed E-state index contributed by atoms with van der Waals surface area (Å²) in [5, 5.41) is 7.25. The Kier molecular flexibility index (Phi) is 5.69. The second kappa shape index (κ2) is 8.15. The number of hydrogen-bond donors (Lipinski definition) is 1. The highest BCUT2D eigenvalue weighted by atomic mass is 16.5. The van der Waals surface area contributed by atoms with Gasteiger partial charge in [0.05, 0.1) is 7.11 Å². The van der Waals surface area contributed by atoms with Crippen molar-refractivity contribution in [1.29, 1.82) is 0 Å². The van der Waals surface area contributed by atoms with Crippen molar-refractivity contribution >= 4 is 6.01 Å². The van der Waals surface area contributed by atoms with Crippen LogP contribution in [0.15, 0.2) is 28.8 Å². The van der Waals surface area contributed by atoms with Gasteiger partial charge in [0.25, 0.3) is 0 Å². The van der Waals surface area contributed by atoms with Crippen molar-refractivity contribution in [3.8, 4) is 17.1 Å². The lowest BCUT2D eigenvalue weighted by Crippen LogP contribution is -2.36. The smallest absolute Gasteiger partial charge is 0.321 e. The van der Waals surface area contributed by atoms with Crippen LogP contribution < -0.4 is 10.1 Å². The molecule has 3 rings (SSSR count). The summed E-state index contributed by atoms with van der Waals surface area (Å²) in [6, 6.07) is 8.82. The fraction of sp³-hybridized carbons (Fsp3) is 0.556. The van der Waals surface area contributed by atoms with E-state index in [-0.39, 0.29) is 0 Å². The summed E-state index contributed by atoms with van der Waals surface area (Å²) in [5.74, 6) is 1.35. The number of ether oxygens (including phenoxy) is 1. The first-order chi connectivity index (χ1) is 11.8. The molecule has 1 fully saturated rings. The Hall–Kier alpha value is -2.08. The van der Waals surface area contributed by atoms with Crippen molar-refractivity contribution in [2.24, 2.45) is 0 Å². The van der Waals surface area contributed by atoms with Crippen LogP contribution in [0.1, 0.15) is 32.1 Å². The molecule has 0 atom stereocenters. The van der Waals surface area contributed by atoms with Crippen LogP contribution in [-0.4, -0.2) is 48.3 Å². The van der Waals surface area contributed by atoms with Gasteiger partial charge in [-0.3, -0.25) is 0 Å². The largest absolute Gasteiger partial charge is 0.497 e. The highest BCUT2D eigenvalue weighted by Gasteiger charge is 2.17. The summed E-state index contributed by atoms with van der Waals surface area (Å²) in [4.78, 5) is 6.84. The normalized spacial score (nSPS) is 15.6. The molecule has 0 aliphatic heterocycles. The molecule has 1 aliphatic carbocycles. The Morgan fingerprint density at radius 1 is 1.29 bits per heavy atom. The number of methoxy groups -OCH3 is 1. The molecule has 130 valence electrons. The highest BCUT2D eigenvalue weighted by molar-refractivity contribution is 5.57. The van der Waals surface area contributed by atoms with Crippen LogP contribution in [0, 0.1) is 0 Å². The molecule has 1 aromatic carbocycles. The first kappa shape index (κ1) is 16.8. The van der Waals surface area contributed by atoms with Crippen molar-refractivity contribution in [2.75, 3.05) is 32.6 Å². The lowest BCUT2D eigenvalue weighted by Gasteiger charge is -2.31. The van der Waals surface area contributed by atoms with Crippen LogP contribution >= 0.6 is 0 Å². The van der Waals surface area contributed by atoms with Gasteiger partial charge in [0, 0.05) is 24.7 Å². The minimum atomic E-state index is 0.463. The first-order valence-corrected chi connectivity index (χ1v) is 8.68. The summed E-state index contributed by atoms with van der Waals surface area (Å²) in [6.07, 6.45) is 6.73. The van der Waals surface area contributed by atoms with Crippen LogP contribution in [0.3, 0.4) is 0 Å². The number of hydrogen-bond acceptors (Lipinski definition) is 6. The lowest BCUT2D eigenvalue weighted by molar-refractivity contribution is 0.197. The summed E-state index contributed by atoms with van der Waals surface area (Å²) in [6.45, 7) is 1.77. The molecule has 24 heavy (non-hydrogen) atoms. The topological polar surface area (TPSA) is 63.4 Å². The molecular formula is C18H26N4O2. The van der Waals surface area contributed by atoms with Crippen LogP contribution in [0.25, 0.3) is 11.4 Å². The van der Waals surface area contributed by atoms with Crippen LogP contribution in [0.5, 0.6) is 5.75 Å². The maximum atomic E-state index is 5.29. The number of rotatable bonds is 7. The first-order valence-electron chi connectivity index (χ1n) is 8.68. The van der Waals surface area contributed by atoms with Gasteiger partial charge in [-0.1, -0.05) is 36.6 Å². The SMILES string of the molecule is COc1cccc(-c2noc(NCCN(C)C3CCCCC3)n2)c1. The third-order valence-electron chi connectivity index (χ3n) is 4.69. The molecule has 0 radical (unpaired) electrons. The summed E-state index contributed by atoms with van der Waals surface area (Å²) in [5.41, 5.74) is 0.880. The number of likely N-dealkylation sites (N-methyl/N-ethyl adjacent to an activating group) is 1. The molecule has 6 nitrogen and oxygen atoms in total. The van der Waals surface area contributed by atoms with Gasteiger partial charge in [0.1, 0.15) is 5.75 Å². The van der Waals surface area contributed by atoms with Gasteiger partial charge in [-0.05, 0) is 32.0 Å². The number of benzene rings is 1. The van der Waals surface area contributed by atoms with Crippen LogP contribution in [0.4, 0.5) is 6.01 Å². The predicted molar refractivity (Wildman–Crippen MR) is 94.3 cm³/mol. The van der Waals surface area contributed by atoms with Crippen molar-refractivity contribution in [3.05, 3.63) is 24.3 Å². The zero-order valence-corrected chi connectivity index (χ0v) is 14.5. The van der Waals surface area contributed by atoms with Gasteiger partial charge in [-0.2, -0.15) is 4.98 Å². The van der Waals surface area contributed by atoms with Crippen LogP contribution in [0.2, 0.25) is 0 Å². The predicted octanol–water partition coefficient (Wildman–Crippen LogP) is 3.42. The molecule has 0 unspecified atom stereocenters. The lowest BCUT2D eigenvalue weighted by atomic mass is 9.94. The van der Waals surface area contributed by atoms with Gasteiger partial charge < -0.3 is 19.5 Å². The van der Waals surface area contributed by atoms with Gasteiger partial charge in [0.2, 0.25) is 5.82 Å². The minimum absolute atomic E-state index is 0.463. The molecular weight excluding hydrogens is 304 g/mol. The van der Waals surface area contributed by atoms with E-state index in [9.17, 15) is 0 Å². The molecule has 1 heterocycles. The monoisotopic (exact) mass is 330 g/mol. The van der Waals surface area contributed by atoms with Gasteiger partial charge in [-0.25, -0.2) is 0 Å². The van der Waals surface area contributed by atoms with E-state index in [2.05, 4.69) is 27.4 Å². The highest BCUT2D eigenvalue weighted by Crippen LogP contribution is 2.23. The number of nitrogens with one attached hydrogen (secondary N) is 1. The molecule has 0 saturated heterocycles. The molecule has 0 spiro atoms. The number of nitrogens with zero attached hydrogens (tertiary/aromatic N) is 3. The van der Waals surface area contributed by atoms with Gasteiger partial charge in [-0.15, -0.1) is 0 Å². The molecule has 0 amide bonds. The van der Waals surface area contributed by atoms with Crippen molar-refractivity contribution in [3.63, 3.8) is 0 Å². The number of anilines is 1. The maximum absolute atomic E-state index is 5.29. The average Bonchev–Trinajstić information content (AvgIpc) is 3.11. The second-order valence-electron chi connectivity index (χ2n) is 6.35. The van der Waals surface area contributed by atoms with Crippen molar-refractivity contribution in [2.45, 2.75) is 38.1 Å². The Bertz CT molecular complexity index is 637. The zero-order valence-electron chi connectivity index (χ0n) is 14.5. The molecule has 1 aromatic heterocycles. The van der Waals surface area contributed by atoms with Crippen LogP contribution in [-0.2, 0) is 0 Å². The molecule has 6 heteroatoms. The Morgan fingerprint density at radius 3 is 2.92 bits per heavy atom. The molecule has 1 aliphatic rings. The molecule has 2 aromatic rings. The second-order valence-corrected chi connectivity index (χ2v) is 6.35. The third kappa shape index (κ3) is 4.26. The van der Waals surface area contributed by atoms with E-state index >= 15 is 0 Å². The molecule has 0 bridgehead atoms. The van der Waals surface area contributed by atoms with E-state index in [0.29, 0.717) is 11.8 Å². The maximum Gasteiger partial charge on any atom is 0.321 e. The van der Waals surface area contributed by atoms with Crippen molar-refractivity contribution in [1.82, 2.24) is 15.0 Å². The summed E-state index contributed by atoms with van der Waals surface area (Å²) >= 11 is 0. The fourth-order valence-electron chi connectivity index (χ4n) is 3.22. The number of aromatic nitrogens is 2. The van der Waals surface area contributed by atoms with Crippen molar-refractivity contribution < 1.29 is 9.26 Å².